The second kappa shape index (κ2) is 7.04. The number of methoxy groups -OCH3 is 1. The summed E-state index contributed by atoms with van der Waals surface area (Å²) in [6, 6.07) is 4.89. The van der Waals surface area contributed by atoms with Crippen molar-refractivity contribution in [1.82, 2.24) is 10.4 Å². The fourth-order valence-corrected chi connectivity index (χ4v) is 2.58. The molecule has 0 fully saturated rings. The molecule has 2 rings (SSSR count). The van der Waals surface area contributed by atoms with Crippen molar-refractivity contribution in [1.29, 1.82) is 0 Å². The Bertz CT molecular complexity index is 710. The van der Waals surface area contributed by atoms with Gasteiger partial charge in [0.15, 0.2) is 0 Å². The van der Waals surface area contributed by atoms with Gasteiger partial charge in [-0.15, -0.1) is 11.3 Å². The highest BCUT2D eigenvalue weighted by molar-refractivity contribution is 7.09. The molecule has 1 heterocycles. The maximum Gasteiger partial charge on any atom is 0.246 e. The Balaban J connectivity index is 2.01. The first-order valence-corrected chi connectivity index (χ1v) is 7.49. The Morgan fingerprint density at radius 1 is 1.50 bits per heavy atom. The number of amides is 1. The Hall–Kier alpha value is -2.41. The summed E-state index contributed by atoms with van der Waals surface area (Å²) in [6.07, 6.45) is 0.184. The van der Waals surface area contributed by atoms with Crippen LogP contribution in [0.25, 0.3) is 0 Å². The van der Waals surface area contributed by atoms with E-state index in [-0.39, 0.29) is 18.1 Å². The number of aromatic nitrogens is 1. The van der Waals surface area contributed by atoms with Crippen LogP contribution in [0, 0.1) is 6.92 Å². The summed E-state index contributed by atoms with van der Waals surface area (Å²) < 4.78 is 5.02. The van der Waals surface area contributed by atoms with Gasteiger partial charge in [0.2, 0.25) is 5.91 Å². The lowest BCUT2D eigenvalue weighted by Crippen LogP contribution is -2.21. The van der Waals surface area contributed by atoms with Gasteiger partial charge >= 0.3 is 0 Å². The average Bonchev–Trinajstić information content (AvgIpc) is 2.89. The zero-order valence-electron chi connectivity index (χ0n) is 12.6. The van der Waals surface area contributed by atoms with E-state index in [1.54, 1.807) is 19.1 Å². The van der Waals surface area contributed by atoms with Gasteiger partial charge < -0.3 is 9.84 Å². The first kappa shape index (κ1) is 16.0. The van der Waals surface area contributed by atoms with E-state index >= 15 is 0 Å². The number of carbonyl (C=O) groups excluding carboxylic acids is 1. The summed E-state index contributed by atoms with van der Waals surface area (Å²) in [6.45, 7) is 3.59. The average molecular weight is 319 g/mol. The molecule has 116 valence electrons. The zero-order chi connectivity index (χ0) is 16.1. The standard InChI is InChI=1S/C15H17N3O3S/c1-9-8-22-15(16-9)7-14(20)18-17-10(2)12-5-4-11(21-3)6-13(12)19/h4-6,8,19H,7H2,1-3H3,(H,18,20)/b17-10+. The molecule has 0 aliphatic rings. The van der Waals surface area contributed by atoms with E-state index in [1.165, 1.54) is 24.5 Å². The highest BCUT2D eigenvalue weighted by atomic mass is 32.1. The van der Waals surface area contributed by atoms with Crippen LogP contribution >= 0.6 is 11.3 Å². The number of nitrogens with zero attached hydrogens (tertiary/aromatic N) is 2. The molecule has 6 nitrogen and oxygen atoms in total. The molecule has 2 N–H and O–H groups in total. The quantitative estimate of drug-likeness (QED) is 0.654. The van der Waals surface area contributed by atoms with Crippen LogP contribution in [0.1, 0.15) is 23.2 Å². The molecule has 0 bridgehead atoms. The number of phenols is 1. The molecule has 1 aromatic carbocycles. The van der Waals surface area contributed by atoms with Crippen LogP contribution in [0.2, 0.25) is 0 Å². The Morgan fingerprint density at radius 2 is 2.27 bits per heavy atom. The fraction of sp³-hybridized carbons (Fsp3) is 0.267. The van der Waals surface area contributed by atoms with Crippen molar-refractivity contribution in [3.8, 4) is 11.5 Å². The summed E-state index contributed by atoms with van der Waals surface area (Å²) in [5.74, 6) is 0.351. The van der Waals surface area contributed by atoms with E-state index in [9.17, 15) is 9.90 Å². The minimum absolute atomic E-state index is 0.0467. The van der Waals surface area contributed by atoms with E-state index < -0.39 is 0 Å². The lowest BCUT2D eigenvalue weighted by atomic mass is 10.1. The molecule has 0 aliphatic heterocycles. The Kier molecular flexibility index (Phi) is 5.11. The van der Waals surface area contributed by atoms with Crippen LogP contribution < -0.4 is 10.2 Å². The van der Waals surface area contributed by atoms with E-state index in [1.807, 2.05) is 12.3 Å². The molecule has 0 saturated carbocycles. The van der Waals surface area contributed by atoms with Gasteiger partial charge in [-0.25, -0.2) is 10.4 Å². The minimum Gasteiger partial charge on any atom is -0.507 e. The molecule has 0 spiro atoms. The lowest BCUT2D eigenvalue weighted by molar-refractivity contribution is -0.120. The molecule has 0 aliphatic carbocycles. The van der Waals surface area contributed by atoms with E-state index in [0.29, 0.717) is 17.0 Å². The van der Waals surface area contributed by atoms with Gasteiger partial charge in [0.25, 0.3) is 0 Å². The molecule has 2 aromatic rings. The minimum atomic E-state index is -0.248. The summed E-state index contributed by atoms with van der Waals surface area (Å²) in [5, 5.41) is 16.6. The van der Waals surface area contributed by atoms with Crippen molar-refractivity contribution in [2.24, 2.45) is 5.10 Å². The van der Waals surface area contributed by atoms with Gasteiger partial charge in [0.05, 0.1) is 19.2 Å². The molecule has 22 heavy (non-hydrogen) atoms. The highest BCUT2D eigenvalue weighted by Crippen LogP contribution is 2.23. The fourth-order valence-electron chi connectivity index (χ4n) is 1.81. The third-order valence-electron chi connectivity index (χ3n) is 2.92. The van der Waals surface area contributed by atoms with E-state index in [2.05, 4.69) is 15.5 Å². The molecule has 0 atom stereocenters. The van der Waals surface area contributed by atoms with Crippen LogP contribution in [-0.2, 0) is 11.2 Å². The zero-order valence-corrected chi connectivity index (χ0v) is 13.4. The highest BCUT2D eigenvalue weighted by Gasteiger charge is 2.09. The van der Waals surface area contributed by atoms with Crippen molar-refractivity contribution in [2.45, 2.75) is 20.3 Å². The summed E-state index contributed by atoms with van der Waals surface area (Å²) in [5.41, 5.74) is 4.40. The number of aryl methyl sites for hydroxylation is 1. The number of ether oxygens (including phenoxy) is 1. The number of carbonyl (C=O) groups is 1. The summed E-state index contributed by atoms with van der Waals surface area (Å²) in [4.78, 5) is 16.0. The number of hydrogen-bond acceptors (Lipinski definition) is 6. The second-order valence-electron chi connectivity index (χ2n) is 4.67. The Labute approximate surface area is 132 Å². The SMILES string of the molecule is COc1ccc(/C(C)=N/NC(=O)Cc2nc(C)cs2)c(O)c1. The molecule has 1 aromatic heterocycles. The van der Waals surface area contributed by atoms with E-state index in [0.717, 1.165) is 10.7 Å². The predicted octanol–water partition coefficient (Wildman–Crippen LogP) is 2.25. The topological polar surface area (TPSA) is 83.8 Å². The number of phenolic OH excluding ortho intramolecular Hbond substituents is 1. The van der Waals surface area contributed by atoms with Gasteiger partial charge in [-0.2, -0.15) is 5.10 Å². The van der Waals surface area contributed by atoms with Gasteiger partial charge in [0.1, 0.15) is 16.5 Å². The predicted molar refractivity (Wildman–Crippen MR) is 85.6 cm³/mol. The number of benzene rings is 1. The largest absolute Gasteiger partial charge is 0.507 e. The lowest BCUT2D eigenvalue weighted by Gasteiger charge is -2.06. The maximum absolute atomic E-state index is 11.8. The smallest absolute Gasteiger partial charge is 0.246 e. The van der Waals surface area contributed by atoms with Crippen molar-refractivity contribution in [2.75, 3.05) is 7.11 Å². The van der Waals surface area contributed by atoms with Crippen molar-refractivity contribution >= 4 is 23.0 Å². The molecular weight excluding hydrogens is 302 g/mol. The number of thiazole rings is 1. The molecule has 1 amide bonds. The van der Waals surface area contributed by atoms with Crippen LogP contribution in [0.5, 0.6) is 11.5 Å². The normalized spacial score (nSPS) is 11.3. The molecule has 0 radical (unpaired) electrons. The van der Waals surface area contributed by atoms with E-state index in [4.69, 9.17) is 4.74 Å². The number of hydrazone groups is 1. The van der Waals surface area contributed by atoms with Gasteiger partial charge in [-0.05, 0) is 26.0 Å². The van der Waals surface area contributed by atoms with Crippen LogP contribution in [0.4, 0.5) is 0 Å². The first-order chi connectivity index (χ1) is 10.5. The van der Waals surface area contributed by atoms with Gasteiger partial charge in [-0.1, -0.05) is 0 Å². The molecule has 0 unspecified atom stereocenters. The summed E-state index contributed by atoms with van der Waals surface area (Å²) in [7, 11) is 1.52. The van der Waals surface area contributed by atoms with Crippen LogP contribution in [0.3, 0.4) is 0 Å². The third kappa shape index (κ3) is 4.05. The van der Waals surface area contributed by atoms with Crippen molar-refractivity contribution in [3.05, 3.63) is 39.8 Å². The third-order valence-corrected chi connectivity index (χ3v) is 3.89. The molecule has 7 heteroatoms. The number of aromatic hydroxyl groups is 1. The van der Waals surface area contributed by atoms with Crippen LogP contribution in [-0.4, -0.2) is 28.8 Å². The summed E-state index contributed by atoms with van der Waals surface area (Å²) >= 11 is 1.44. The monoisotopic (exact) mass is 319 g/mol. The number of nitrogens with one attached hydrogen (secondary N) is 1. The number of rotatable bonds is 5. The molecular formula is C15H17N3O3S. The van der Waals surface area contributed by atoms with Crippen LogP contribution in [0.15, 0.2) is 28.7 Å². The van der Waals surface area contributed by atoms with Crippen molar-refractivity contribution < 1.29 is 14.6 Å². The number of hydrogen-bond donors (Lipinski definition) is 2. The van der Waals surface area contributed by atoms with Gasteiger partial charge in [0, 0.05) is 22.7 Å². The van der Waals surface area contributed by atoms with Crippen molar-refractivity contribution in [3.63, 3.8) is 0 Å². The van der Waals surface area contributed by atoms with Gasteiger partial charge in [-0.3, -0.25) is 4.79 Å². The first-order valence-electron chi connectivity index (χ1n) is 6.61. The maximum atomic E-state index is 11.8. The Morgan fingerprint density at radius 3 is 2.86 bits per heavy atom. The molecule has 0 saturated heterocycles. The second-order valence-corrected chi connectivity index (χ2v) is 5.62.